The van der Waals surface area contributed by atoms with Gasteiger partial charge in [0.1, 0.15) is 11.3 Å². The molecule has 0 radical (unpaired) electrons. The topological polar surface area (TPSA) is 35.5 Å². The van der Waals surface area contributed by atoms with Gasteiger partial charge in [0.05, 0.1) is 0 Å². The minimum absolute atomic E-state index is 0.322. The van der Waals surface area contributed by atoms with Gasteiger partial charge in [-0.25, -0.2) is 4.79 Å². The molecule has 1 atom stereocenters. The van der Waals surface area contributed by atoms with Crippen LogP contribution < -0.4 is 4.74 Å². The highest BCUT2D eigenvalue weighted by molar-refractivity contribution is 6.68. The summed E-state index contributed by atoms with van der Waals surface area (Å²) in [5.41, 5.74) is 0.322. The molecular formula is C9H5Cl3O3. The Balaban J connectivity index is 2.35. The third-order valence-electron chi connectivity index (χ3n) is 1.82. The maximum absolute atomic E-state index is 11.5. The number of rotatable bonds is 0. The van der Waals surface area contributed by atoms with Gasteiger partial charge in [-0.3, -0.25) is 0 Å². The van der Waals surface area contributed by atoms with Gasteiger partial charge in [0, 0.05) is 0 Å². The van der Waals surface area contributed by atoms with Crippen molar-refractivity contribution >= 4 is 40.8 Å². The zero-order valence-corrected chi connectivity index (χ0v) is 9.51. The van der Waals surface area contributed by atoms with Crippen LogP contribution in [0.4, 0.5) is 0 Å². The van der Waals surface area contributed by atoms with Crippen molar-refractivity contribution in [2.45, 2.75) is 10.1 Å². The summed E-state index contributed by atoms with van der Waals surface area (Å²) in [5, 5.41) is 0. The second-order valence-electron chi connectivity index (χ2n) is 2.89. The number of carbonyl (C=O) groups excluding carboxylic acids is 1. The predicted molar refractivity (Wildman–Crippen MR) is 56.6 cm³/mol. The summed E-state index contributed by atoms with van der Waals surface area (Å²) in [6.07, 6.45) is -1.22. The molecular weight excluding hydrogens is 262 g/mol. The average Bonchev–Trinajstić information content (AvgIpc) is 2.16. The second kappa shape index (κ2) is 3.74. The smallest absolute Gasteiger partial charge is 0.345 e. The monoisotopic (exact) mass is 266 g/mol. The first kappa shape index (κ1) is 10.9. The van der Waals surface area contributed by atoms with Crippen LogP contribution in [0.15, 0.2) is 24.3 Å². The van der Waals surface area contributed by atoms with E-state index in [-0.39, 0.29) is 0 Å². The number of ether oxygens (including phenoxy) is 2. The van der Waals surface area contributed by atoms with Crippen molar-refractivity contribution in [2.75, 3.05) is 0 Å². The van der Waals surface area contributed by atoms with Crippen LogP contribution in [0.3, 0.4) is 0 Å². The van der Waals surface area contributed by atoms with Crippen molar-refractivity contribution in [1.82, 2.24) is 0 Å². The average molecular weight is 267 g/mol. The number of halogens is 3. The largest absolute Gasteiger partial charge is 0.449 e. The Morgan fingerprint density at radius 3 is 2.47 bits per heavy atom. The lowest BCUT2D eigenvalue weighted by Crippen LogP contribution is -2.39. The zero-order chi connectivity index (χ0) is 11.1. The van der Waals surface area contributed by atoms with Gasteiger partial charge in [-0.2, -0.15) is 0 Å². The number of esters is 1. The summed E-state index contributed by atoms with van der Waals surface area (Å²) in [5.74, 6) is -0.210. The summed E-state index contributed by atoms with van der Waals surface area (Å²) in [7, 11) is 0. The van der Waals surface area contributed by atoms with Crippen LogP contribution in [-0.2, 0) is 4.74 Å². The van der Waals surface area contributed by atoms with E-state index in [1.165, 1.54) is 0 Å². The van der Waals surface area contributed by atoms with Crippen molar-refractivity contribution in [3.05, 3.63) is 29.8 Å². The Labute approximate surface area is 101 Å². The maximum Gasteiger partial charge on any atom is 0.345 e. The predicted octanol–water partition coefficient (Wildman–Crippen LogP) is 2.93. The molecule has 6 heteroatoms. The van der Waals surface area contributed by atoms with Crippen LogP contribution in [0.2, 0.25) is 0 Å². The molecule has 1 aliphatic rings. The van der Waals surface area contributed by atoms with Gasteiger partial charge < -0.3 is 9.47 Å². The standard InChI is InChI=1S/C9H5Cl3O3/c10-9(11,12)8-14-6-4-2-1-3-5(6)7(13)15-8/h1-4,8H. The lowest BCUT2D eigenvalue weighted by molar-refractivity contribution is -0.0572. The highest BCUT2D eigenvalue weighted by atomic mass is 35.6. The molecule has 1 aliphatic heterocycles. The number of benzene rings is 1. The third kappa shape index (κ3) is 2.14. The fourth-order valence-corrected chi connectivity index (χ4v) is 1.44. The first-order valence-corrected chi connectivity index (χ1v) is 5.15. The molecule has 0 spiro atoms. The van der Waals surface area contributed by atoms with E-state index >= 15 is 0 Å². The van der Waals surface area contributed by atoms with Gasteiger partial charge in [-0.05, 0) is 12.1 Å². The summed E-state index contributed by atoms with van der Waals surface area (Å²) in [4.78, 5) is 11.5. The van der Waals surface area contributed by atoms with E-state index in [9.17, 15) is 4.79 Å². The molecule has 1 unspecified atom stereocenters. The Hall–Kier alpha value is -0.640. The van der Waals surface area contributed by atoms with Gasteiger partial charge in [-0.15, -0.1) is 0 Å². The van der Waals surface area contributed by atoms with E-state index in [1.54, 1.807) is 24.3 Å². The maximum atomic E-state index is 11.5. The van der Waals surface area contributed by atoms with Gasteiger partial charge >= 0.3 is 5.97 Å². The van der Waals surface area contributed by atoms with E-state index in [1.807, 2.05) is 0 Å². The van der Waals surface area contributed by atoms with Crippen LogP contribution in [0, 0.1) is 0 Å². The van der Waals surface area contributed by atoms with Crippen molar-refractivity contribution in [3.63, 3.8) is 0 Å². The van der Waals surface area contributed by atoms with Gasteiger partial charge in [-0.1, -0.05) is 46.9 Å². The minimum atomic E-state index is -1.80. The fourth-order valence-electron chi connectivity index (χ4n) is 1.17. The Bertz CT molecular complexity index is 400. The number of hydrogen-bond acceptors (Lipinski definition) is 3. The number of cyclic esters (lactones) is 1. The highest BCUT2D eigenvalue weighted by Gasteiger charge is 2.42. The SMILES string of the molecule is O=C1OC(C(Cl)(Cl)Cl)Oc2ccccc21. The lowest BCUT2D eigenvalue weighted by atomic mass is 10.2. The van der Waals surface area contributed by atoms with E-state index < -0.39 is 16.1 Å². The lowest BCUT2D eigenvalue weighted by Gasteiger charge is -2.29. The molecule has 0 amide bonds. The van der Waals surface area contributed by atoms with Gasteiger partial charge in [0.2, 0.25) is 0 Å². The first-order valence-electron chi connectivity index (χ1n) is 4.02. The molecule has 0 fully saturated rings. The molecule has 1 aromatic rings. The van der Waals surface area contributed by atoms with Crippen LogP contribution >= 0.6 is 34.8 Å². The van der Waals surface area contributed by atoms with E-state index in [2.05, 4.69) is 0 Å². The molecule has 3 nitrogen and oxygen atoms in total. The number of carbonyl (C=O) groups is 1. The Kier molecular flexibility index (Phi) is 2.71. The third-order valence-corrected chi connectivity index (χ3v) is 2.36. The van der Waals surface area contributed by atoms with Gasteiger partial charge in [0.15, 0.2) is 0 Å². The summed E-state index contributed by atoms with van der Waals surface area (Å²) < 4.78 is 8.25. The normalized spacial score (nSPS) is 20.2. The number of fused-ring (bicyclic) bond motifs is 1. The van der Waals surface area contributed by atoms with Crippen molar-refractivity contribution in [2.24, 2.45) is 0 Å². The van der Waals surface area contributed by atoms with Gasteiger partial charge in [0.25, 0.3) is 10.1 Å². The van der Waals surface area contributed by atoms with Crippen LogP contribution in [-0.4, -0.2) is 16.1 Å². The van der Waals surface area contributed by atoms with Crippen molar-refractivity contribution < 1.29 is 14.3 Å². The molecule has 80 valence electrons. The van der Waals surface area contributed by atoms with Crippen LogP contribution in [0.25, 0.3) is 0 Å². The molecule has 0 aromatic heterocycles. The zero-order valence-electron chi connectivity index (χ0n) is 7.25. The molecule has 15 heavy (non-hydrogen) atoms. The molecule has 1 aromatic carbocycles. The highest BCUT2D eigenvalue weighted by Crippen LogP contribution is 2.37. The molecule has 0 aliphatic carbocycles. The molecule has 0 saturated heterocycles. The van der Waals surface area contributed by atoms with E-state index in [0.717, 1.165) is 0 Å². The molecule has 0 N–H and O–H groups in total. The summed E-state index contributed by atoms with van der Waals surface area (Å²) >= 11 is 16.7. The fraction of sp³-hybridized carbons (Fsp3) is 0.222. The Morgan fingerprint density at radius 2 is 1.80 bits per heavy atom. The summed E-state index contributed by atoms with van der Waals surface area (Å²) in [6.45, 7) is 0. The van der Waals surface area contributed by atoms with Crippen molar-refractivity contribution in [1.29, 1.82) is 0 Å². The quantitative estimate of drug-likeness (QED) is 0.535. The molecule has 0 saturated carbocycles. The number of hydrogen-bond donors (Lipinski definition) is 0. The molecule has 1 heterocycles. The van der Waals surface area contributed by atoms with E-state index in [0.29, 0.717) is 11.3 Å². The summed E-state index contributed by atoms with van der Waals surface area (Å²) in [6, 6.07) is 6.59. The second-order valence-corrected chi connectivity index (χ2v) is 5.26. The number of para-hydroxylation sites is 1. The van der Waals surface area contributed by atoms with Crippen LogP contribution in [0.5, 0.6) is 5.75 Å². The first-order chi connectivity index (χ1) is 6.98. The number of alkyl halides is 3. The van der Waals surface area contributed by atoms with Crippen molar-refractivity contribution in [3.8, 4) is 5.75 Å². The Morgan fingerprint density at radius 1 is 1.13 bits per heavy atom. The molecule has 2 rings (SSSR count). The molecule has 0 bridgehead atoms. The minimum Gasteiger partial charge on any atom is -0.449 e. The van der Waals surface area contributed by atoms with Crippen LogP contribution in [0.1, 0.15) is 10.4 Å². The van der Waals surface area contributed by atoms with E-state index in [4.69, 9.17) is 44.3 Å².